The van der Waals surface area contributed by atoms with Crippen molar-refractivity contribution >= 4 is 17.5 Å². The second-order valence-electron chi connectivity index (χ2n) is 7.51. The molecule has 2 N–H and O–H groups in total. The van der Waals surface area contributed by atoms with Crippen molar-refractivity contribution in [3.8, 4) is 11.3 Å². The average molecular weight is 405 g/mol. The third kappa shape index (κ3) is 5.56. The Balaban J connectivity index is 1.55. The molecule has 0 bridgehead atoms. The van der Waals surface area contributed by atoms with Crippen molar-refractivity contribution in [2.45, 2.75) is 46.6 Å². The van der Waals surface area contributed by atoms with Crippen LogP contribution in [0.1, 0.15) is 48.9 Å². The molecule has 1 unspecified atom stereocenters. The van der Waals surface area contributed by atoms with E-state index in [1.807, 2.05) is 37.3 Å². The molecule has 2 aromatic carbocycles. The molecule has 0 aliphatic carbocycles. The smallest absolute Gasteiger partial charge is 0.221 e. The van der Waals surface area contributed by atoms with Crippen LogP contribution >= 0.6 is 0 Å². The molecule has 0 saturated heterocycles. The van der Waals surface area contributed by atoms with Crippen molar-refractivity contribution in [3.63, 3.8) is 0 Å². The molecular weight excluding hydrogens is 378 g/mol. The largest absolute Gasteiger partial charge is 0.441 e. The SMILES string of the molecule is CC(=O)Nc1cccc(C(C)NC(=O)CCc2ncc(-c3ccc(C)c(C)c3)o2)c1. The van der Waals surface area contributed by atoms with Gasteiger partial charge in [-0.1, -0.05) is 24.3 Å². The second-order valence-corrected chi connectivity index (χ2v) is 7.51. The molecule has 1 heterocycles. The van der Waals surface area contributed by atoms with Gasteiger partial charge in [-0.25, -0.2) is 4.98 Å². The van der Waals surface area contributed by atoms with E-state index in [2.05, 4.69) is 41.6 Å². The highest BCUT2D eigenvalue weighted by atomic mass is 16.4. The molecule has 0 saturated carbocycles. The lowest BCUT2D eigenvalue weighted by molar-refractivity contribution is -0.121. The summed E-state index contributed by atoms with van der Waals surface area (Å²) in [7, 11) is 0. The maximum absolute atomic E-state index is 12.4. The fourth-order valence-electron chi connectivity index (χ4n) is 3.16. The summed E-state index contributed by atoms with van der Waals surface area (Å²) in [4.78, 5) is 27.9. The summed E-state index contributed by atoms with van der Waals surface area (Å²) < 4.78 is 5.83. The van der Waals surface area contributed by atoms with Crippen LogP contribution in [-0.2, 0) is 16.0 Å². The van der Waals surface area contributed by atoms with Crippen LogP contribution in [0.15, 0.2) is 53.1 Å². The molecule has 0 spiro atoms. The monoisotopic (exact) mass is 405 g/mol. The third-order valence-corrected chi connectivity index (χ3v) is 5.00. The van der Waals surface area contributed by atoms with E-state index in [1.165, 1.54) is 18.1 Å². The van der Waals surface area contributed by atoms with Gasteiger partial charge in [-0.15, -0.1) is 0 Å². The number of aryl methyl sites for hydroxylation is 3. The van der Waals surface area contributed by atoms with Crippen molar-refractivity contribution < 1.29 is 14.0 Å². The zero-order chi connectivity index (χ0) is 21.7. The van der Waals surface area contributed by atoms with Crippen molar-refractivity contribution in [2.24, 2.45) is 0 Å². The molecule has 0 fully saturated rings. The molecule has 3 aromatic rings. The van der Waals surface area contributed by atoms with Gasteiger partial charge in [0.1, 0.15) is 0 Å². The first-order valence-corrected chi connectivity index (χ1v) is 10.0. The Morgan fingerprint density at radius 3 is 2.63 bits per heavy atom. The molecule has 156 valence electrons. The fraction of sp³-hybridized carbons (Fsp3) is 0.292. The minimum absolute atomic E-state index is 0.0849. The topological polar surface area (TPSA) is 84.2 Å². The predicted octanol–water partition coefficient (Wildman–Crippen LogP) is 4.73. The molecule has 30 heavy (non-hydrogen) atoms. The third-order valence-electron chi connectivity index (χ3n) is 5.00. The average Bonchev–Trinajstić information content (AvgIpc) is 3.17. The number of hydrogen-bond acceptors (Lipinski definition) is 4. The Morgan fingerprint density at radius 1 is 1.10 bits per heavy atom. The highest BCUT2D eigenvalue weighted by Gasteiger charge is 2.13. The highest BCUT2D eigenvalue weighted by molar-refractivity contribution is 5.88. The number of hydrogen-bond donors (Lipinski definition) is 2. The summed E-state index contributed by atoms with van der Waals surface area (Å²) in [5, 5.41) is 5.73. The van der Waals surface area contributed by atoms with Crippen LogP contribution in [0.3, 0.4) is 0 Å². The first kappa shape index (κ1) is 21.3. The number of carbonyl (C=O) groups is 2. The lowest BCUT2D eigenvalue weighted by Gasteiger charge is -2.15. The molecule has 3 rings (SSSR count). The van der Waals surface area contributed by atoms with Gasteiger partial charge < -0.3 is 15.1 Å². The van der Waals surface area contributed by atoms with Crippen LogP contribution in [-0.4, -0.2) is 16.8 Å². The fourth-order valence-corrected chi connectivity index (χ4v) is 3.16. The molecule has 6 heteroatoms. The summed E-state index contributed by atoms with van der Waals surface area (Å²) in [6.07, 6.45) is 2.41. The number of nitrogens with one attached hydrogen (secondary N) is 2. The number of benzene rings is 2. The number of rotatable bonds is 7. The van der Waals surface area contributed by atoms with E-state index < -0.39 is 0 Å². The van der Waals surface area contributed by atoms with Gasteiger partial charge in [-0.2, -0.15) is 0 Å². The number of carbonyl (C=O) groups excluding carboxylic acids is 2. The summed E-state index contributed by atoms with van der Waals surface area (Å²) in [6.45, 7) is 7.51. The Hall–Kier alpha value is -3.41. The Kier molecular flexibility index (Phi) is 6.67. The maximum atomic E-state index is 12.4. The van der Waals surface area contributed by atoms with Crippen LogP contribution in [0.25, 0.3) is 11.3 Å². The van der Waals surface area contributed by atoms with E-state index >= 15 is 0 Å². The Labute approximate surface area is 176 Å². The van der Waals surface area contributed by atoms with E-state index in [-0.39, 0.29) is 24.3 Å². The maximum Gasteiger partial charge on any atom is 0.221 e. The Morgan fingerprint density at radius 2 is 1.90 bits per heavy atom. The number of oxazole rings is 1. The van der Waals surface area contributed by atoms with E-state index in [9.17, 15) is 9.59 Å². The van der Waals surface area contributed by atoms with Gasteiger partial charge in [0, 0.05) is 31.0 Å². The minimum atomic E-state index is -0.179. The standard InChI is InChI=1S/C24H27N3O3/c1-15-8-9-20(12-16(15)2)22-14-25-24(30-22)11-10-23(29)26-17(3)19-6-5-7-21(13-19)27-18(4)28/h5-9,12-14,17H,10-11H2,1-4H3,(H,26,29)(H,27,28). The van der Waals surface area contributed by atoms with E-state index in [4.69, 9.17) is 4.42 Å². The number of nitrogens with zero attached hydrogens (tertiary/aromatic N) is 1. The van der Waals surface area contributed by atoms with Crippen LogP contribution in [0.4, 0.5) is 5.69 Å². The number of anilines is 1. The zero-order valence-electron chi connectivity index (χ0n) is 17.8. The van der Waals surface area contributed by atoms with Crippen LogP contribution in [0, 0.1) is 13.8 Å². The summed E-state index contributed by atoms with van der Waals surface area (Å²) in [5.74, 6) is 1.03. The van der Waals surface area contributed by atoms with Crippen LogP contribution in [0.2, 0.25) is 0 Å². The quantitative estimate of drug-likeness (QED) is 0.595. The van der Waals surface area contributed by atoms with Crippen molar-refractivity contribution in [1.82, 2.24) is 10.3 Å². The molecule has 0 aliphatic rings. The molecule has 0 radical (unpaired) electrons. The molecule has 1 atom stereocenters. The van der Waals surface area contributed by atoms with E-state index in [0.29, 0.717) is 23.8 Å². The first-order chi connectivity index (χ1) is 14.3. The van der Waals surface area contributed by atoms with E-state index in [1.54, 1.807) is 6.20 Å². The normalized spacial score (nSPS) is 11.7. The van der Waals surface area contributed by atoms with Crippen LogP contribution in [0.5, 0.6) is 0 Å². The molecule has 1 aromatic heterocycles. The lowest BCUT2D eigenvalue weighted by atomic mass is 10.1. The van der Waals surface area contributed by atoms with Crippen molar-refractivity contribution in [3.05, 3.63) is 71.2 Å². The van der Waals surface area contributed by atoms with Gasteiger partial charge in [0.2, 0.25) is 11.8 Å². The number of aromatic nitrogens is 1. The van der Waals surface area contributed by atoms with Crippen molar-refractivity contribution in [2.75, 3.05) is 5.32 Å². The summed E-state index contributed by atoms with van der Waals surface area (Å²) in [6, 6.07) is 13.4. The predicted molar refractivity (Wildman–Crippen MR) is 117 cm³/mol. The number of amides is 2. The Bertz CT molecular complexity index is 1060. The van der Waals surface area contributed by atoms with Gasteiger partial charge in [0.05, 0.1) is 12.2 Å². The summed E-state index contributed by atoms with van der Waals surface area (Å²) in [5.41, 5.74) is 5.03. The first-order valence-electron chi connectivity index (χ1n) is 10.0. The summed E-state index contributed by atoms with van der Waals surface area (Å²) >= 11 is 0. The highest BCUT2D eigenvalue weighted by Crippen LogP contribution is 2.23. The van der Waals surface area contributed by atoms with Crippen molar-refractivity contribution in [1.29, 1.82) is 0 Å². The molecule has 2 amide bonds. The minimum Gasteiger partial charge on any atom is -0.441 e. The van der Waals surface area contributed by atoms with Gasteiger partial charge in [-0.05, 0) is 55.7 Å². The van der Waals surface area contributed by atoms with Gasteiger partial charge in [0.15, 0.2) is 11.7 Å². The molecule has 0 aliphatic heterocycles. The van der Waals surface area contributed by atoms with Crippen LogP contribution < -0.4 is 10.6 Å². The zero-order valence-corrected chi connectivity index (χ0v) is 17.8. The van der Waals surface area contributed by atoms with Gasteiger partial charge in [0.25, 0.3) is 0 Å². The molecule has 6 nitrogen and oxygen atoms in total. The lowest BCUT2D eigenvalue weighted by Crippen LogP contribution is -2.26. The van der Waals surface area contributed by atoms with E-state index in [0.717, 1.165) is 11.1 Å². The second kappa shape index (κ2) is 9.39. The van der Waals surface area contributed by atoms with Gasteiger partial charge >= 0.3 is 0 Å². The van der Waals surface area contributed by atoms with Gasteiger partial charge in [-0.3, -0.25) is 9.59 Å². The molecular formula is C24H27N3O3.